The summed E-state index contributed by atoms with van der Waals surface area (Å²) >= 11 is 2.91. The summed E-state index contributed by atoms with van der Waals surface area (Å²) < 4.78 is 27.6. The van der Waals surface area contributed by atoms with E-state index in [4.69, 9.17) is 0 Å². The Kier molecular flexibility index (Phi) is 5.94. The Hall–Kier alpha value is -1.51. The van der Waals surface area contributed by atoms with Crippen LogP contribution in [0, 0.1) is 0 Å². The third-order valence-corrected chi connectivity index (χ3v) is 7.54. The lowest BCUT2D eigenvalue weighted by Crippen LogP contribution is -2.22. The van der Waals surface area contributed by atoms with Crippen LogP contribution < -0.4 is 4.72 Å². The van der Waals surface area contributed by atoms with E-state index in [0.717, 1.165) is 20.2 Å². The largest absolute Gasteiger partial charge is 0.382 e. The molecule has 0 spiro atoms. The Bertz CT molecular complexity index is 942. The quantitative estimate of drug-likeness (QED) is 0.606. The molecule has 26 heavy (non-hydrogen) atoms. The third kappa shape index (κ3) is 4.42. The van der Waals surface area contributed by atoms with Crippen molar-refractivity contribution in [3.8, 4) is 0 Å². The minimum atomic E-state index is -3.56. The SMILES string of the molecule is CC(C)c1ccc(S(=O)(=O)NCc2ccc(C(O)c3cccs3)s2)cc1. The number of hydrogen-bond donors (Lipinski definition) is 2. The predicted octanol–water partition coefficient (Wildman–Crippen LogP) is 4.49. The molecule has 0 aliphatic rings. The van der Waals surface area contributed by atoms with Gasteiger partial charge in [0.1, 0.15) is 6.10 Å². The van der Waals surface area contributed by atoms with Crippen molar-refractivity contribution in [1.29, 1.82) is 0 Å². The Morgan fingerprint density at radius 3 is 2.38 bits per heavy atom. The first-order chi connectivity index (χ1) is 12.4. The number of benzene rings is 1. The van der Waals surface area contributed by atoms with Gasteiger partial charge in [0.25, 0.3) is 0 Å². The zero-order chi connectivity index (χ0) is 18.7. The van der Waals surface area contributed by atoms with Crippen LogP contribution in [0.1, 0.15) is 46.1 Å². The van der Waals surface area contributed by atoms with Crippen molar-refractivity contribution in [2.24, 2.45) is 0 Å². The van der Waals surface area contributed by atoms with Crippen LogP contribution in [0.3, 0.4) is 0 Å². The summed E-state index contributed by atoms with van der Waals surface area (Å²) in [6.45, 7) is 4.34. The Morgan fingerprint density at radius 2 is 1.77 bits per heavy atom. The van der Waals surface area contributed by atoms with Crippen molar-refractivity contribution in [3.63, 3.8) is 0 Å². The number of rotatable bonds is 7. The van der Waals surface area contributed by atoms with E-state index >= 15 is 0 Å². The monoisotopic (exact) mass is 407 g/mol. The van der Waals surface area contributed by atoms with E-state index < -0.39 is 16.1 Å². The van der Waals surface area contributed by atoms with Crippen molar-refractivity contribution in [2.45, 2.75) is 37.3 Å². The van der Waals surface area contributed by atoms with E-state index in [-0.39, 0.29) is 11.4 Å². The number of aliphatic hydroxyl groups is 1. The van der Waals surface area contributed by atoms with E-state index in [1.54, 1.807) is 12.1 Å². The lowest BCUT2D eigenvalue weighted by Gasteiger charge is -2.09. The van der Waals surface area contributed by atoms with Crippen LogP contribution in [0.5, 0.6) is 0 Å². The minimum absolute atomic E-state index is 0.204. The average molecular weight is 408 g/mol. The second kappa shape index (κ2) is 8.02. The molecular formula is C19H21NO3S3. The molecule has 0 saturated heterocycles. The zero-order valence-corrected chi connectivity index (χ0v) is 17.0. The van der Waals surface area contributed by atoms with Crippen LogP contribution in [0.25, 0.3) is 0 Å². The van der Waals surface area contributed by atoms with Crippen LogP contribution in [0.15, 0.2) is 58.8 Å². The molecule has 0 amide bonds. The molecule has 2 aromatic heterocycles. The number of hydrogen-bond acceptors (Lipinski definition) is 5. The van der Waals surface area contributed by atoms with Gasteiger partial charge in [-0.25, -0.2) is 13.1 Å². The molecular weight excluding hydrogens is 386 g/mol. The Balaban J connectivity index is 1.66. The number of nitrogens with one attached hydrogen (secondary N) is 1. The Morgan fingerprint density at radius 1 is 1.04 bits per heavy atom. The third-order valence-electron chi connectivity index (χ3n) is 4.06. The van der Waals surface area contributed by atoms with Gasteiger partial charge >= 0.3 is 0 Å². The van der Waals surface area contributed by atoms with E-state index in [1.165, 1.54) is 22.7 Å². The van der Waals surface area contributed by atoms with Crippen molar-refractivity contribution in [1.82, 2.24) is 4.72 Å². The lowest BCUT2D eigenvalue weighted by molar-refractivity contribution is 0.228. The first-order valence-corrected chi connectivity index (χ1v) is 11.4. The molecule has 3 rings (SSSR count). The maximum absolute atomic E-state index is 12.5. The van der Waals surface area contributed by atoms with Crippen LogP contribution in [-0.4, -0.2) is 13.5 Å². The van der Waals surface area contributed by atoms with Crippen LogP contribution in [0.2, 0.25) is 0 Å². The summed E-state index contributed by atoms with van der Waals surface area (Å²) in [5.74, 6) is 0.360. The van der Waals surface area contributed by atoms with E-state index in [0.29, 0.717) is 5.92 Å². The summed E-state index contributed by atoms with van der Waals surface area (Å²) in [7, 11) is -3.56. The minimum Gasteiger partial charge on any atom is -0.382 e. The second-order valence-electron chi connectivity index (χ2n) is 6.27. The highest BCUT2D eigenvalue weighted by Gasteiger charge is 2.17. The molecule has 0 saturated carbocycles. The molecule has 0 bridgehead atoms. The van der Waals surface area contributed by atoms with Gasteiger partial charge in [-0.05, 0) is 47.2 Å². The first kappa shape index (κ1) is 19.3. The molecule has 3 aromatic rings. The zero-order valence-electron chi connectivity index (χ0n) is 14.5. The summed E-state index contributed by atoms with van der Waals surface area (Å²) in [5.41, 5.74) is 1.11. The molecule has 2 N–H and O–H groups in total. The second-order valence-corrected chi connectivity index (χ2v) is 10.2. The van der Waals surface area contributed by atoms with Crippen LogP contribution in [-0.2, 0) is 16.6 Å². The van der Waals surface area contributed by atoms with Gasteiger partial charge in [0.05, 0.1) is 4.90 Å². The summed E-state index contributed by atoms with van der Waals surface area (Å²) in [6, 6.07) is 14.4. The molecule has 1 aromatic carbocycles. The van der Waals surface area contributed by atoms with Crippen molar-refractivity contribution in [2.75, 3.05) is 0 Å². The number of sulfonamides is 1. The molecule has 0 aliphatic carbocycles. The molecule has 0 aliphatic heterocycles. The fraction of sp³-hybridized carbons (Fsp3) is 0.263. The standard InChI is InChI=1S/C19H21NO3S3/c1-13(2)14-5-8-16(9-6-14)26(22,23)20-12-15-7-10-18(25-15)19(21)17-4-3-11-24-17/h3-11,13,19-21H,12H2,1-2H3. The van der Waals surface area contributed by atoms with Crippen molar-refractivity contribution in [3.05, 3.63) is 74.1 Å². The first-order valence-electron chi connectivity index (χ1n) is 8.26. The van der Waals surface area contributed by atoms with Crippen LogP contribution >= 0.6 is 22.7 Å². The van der Waals surface area contributed by atoms with Gasteiger partial charge < -0.3 is 5.11 Å². The van der Waals surface area contributed by atoms with E-state index in [1.807, 2.05) is 41.8 Å². The molecule has 1 unspecified atom stereocenters. The van der Waals surface area contributed by atoms with E-state index in [9.17, 15) is 13.5 Å². The average Bonchev–Trinajstić information content (AvgIpc) is 3.31. The molecule has 138 valence electrons. The molecule has 2 heterocycles. The smallest absolute Gasteiger partial charge is 0.240 e. The van der Waals surface area contributed by atoms with Gasteiger partial charge in [0.15, 0.2) is 0 Å². The summed E-state index contributed by atoms with van der Waals surface area (Å²) in [4.78, 5) is 2.81. The van der Waals surface area contributed by atoms with Crippen molar-refractivity contribution < 1.29 is 13.5 Å². The Labute approximate surface area is 162 Å². The summed E-state index contributed by atoms with van der Waals surface area (Å²) in [6.07, 6.45) is -0.658. The highest BCUT2D eigenvalue weighted by atomic mass is 32.2. The molecule has 0 radical (unpaired) electrons. The van der Waals surface area contributed by atoms with Gasteiger partial charge in [-0.2, -0.15) is 0 Å². The molecule has 7 heteroatoms. The maximum Gasteiger partial charge on any atom is 0.240 e. The highest BCUT2D eigenvalue weighted by molar-refractivity contribution is 7.89. The fourth-order valence-corrected chi connectivity index (χ4v) is 5.36. The van der Waals surface area contributed by atoms with Gasteiger partial charge in [-0.15, -0.1) is 22.7 Å². The topological polar surface area (TPSA) is 66.4 Å². The van der Waals surface area contributed by atoms with Gasteiger partial charge in [0.2, 0.25) is 10.0 Å². The predicted molar refractivity (Wildman–Crippen MR) is 107 cm³/mol. The van der Waals surface area contributed by atoms with Crippen LogP contribution in [0.4, 0.5) is 0 Å². The summed E-state index contributed by atoms with van der Waals surface area (Å²) in [5, 5.41) is 12.3. The molecule has 4 nitrogen and oxygen atoms in total. The van der Waals surface area contributed by atoms with Gasteiger partial charge in [-0.1, -0.05) is 32.0 Å². The van der Waals surface area contributed by atoms with E-state index in [2.05, 4.69) is 18.6 Å². The fourth-order valence-electron chi connectivity index (χ4n) is 2.50. The van der Waals surface area contributed by atoms with Gasteiger partial charge in [0, 0.05) is 21.2 Å². The number of aliphatic hydroxyl groups excluding tert-OH is 1. The maximum atomic E-state index is 12.5. The highest BCUT2D eigenvalue weighted by Crippen LogP contribution is 2.31. The molecule has 0 fully saturated rings. The normalized spacial score (nSPS) is 13.2. The van der Waals surface area contributed by atoms with Gasteiger partial charge in [-0.3, -0.25) is 0 Å². The molecule has 1 atom stereocenters. The lowest BCUT2D eigenvalue weighted by atomic mass is 10.0. The number of thiophene rings is 2. The van der Waals surface area contributed by atoms with Crippen molar-refractivity contribution >= 4 is 32.7 Å².